The maximum absolute atomic E-state index is 9.50. The van der Waals surface area contributed by atoms with Gasteiger partial charge < -0.3 is 51.1 Å². The summed E-state index contributed by atoms with van der Waals surface area (Å²) >= 11 is 0. The molecule has 0 aromatic heterocycles. The summed E-state index contributed by atoms with van der Waals surface area (Å²) in [4.78, 5) is 38.0. The van der Waals surface area contributed by atoms with Crippen molar-refractivity contribution >= 4 is 23.9 Å². The first kappa shape index (κ1) is 38.7. The largest absolute Gasteiger partial charge is 2.00 e. The third kappa shape index (κ3) is 71.9. The zero-order chi connectivity index (χ0) is 16.6. The Balaban J connectivity index is -0.0000000464. The van der Waals surface area contributed by atoms with Crippen molar-refractivity contribution in [2.24, 2.45) is 11.5 Å². The number of hydrogen-bond acceptors (Lipinski definition) is 10. The van der Waals surface area contributed by atoms with Crippen LogP contribution in [0, 0.1) is 0 Å². The molecule has 127 valence electrons. The van der Waals surface area contributed by atoms with Gasteiger partial charge in [-0.25, -0.2) is 0 Å². The molecule has 0 heterocycles. The average molecular weight is 402 g/mol. The van der Waals surface area contributed by atoms with E-state index in [0.717, 1.165) is 0 Å². The summed E-state index contributed by atoms with van der Waals surface area (Å²) in [6, 6.07) is 0. The van der Waals surface area contributed by atoms with Gasteiger partial charge in [0.2, 0.25) is 0 Å². The number of carbonyl (C=O) groups is 4. The number of carboxylic acid groups (broad SMARTS) is 4. The minimum absolute atomic E-state index is 0. The minimum Gasteiger partial charge on any atom is -0.550 e. The van der Waals surface area contributed by atoms with Crippen molar-refractivity contribution in [2.45, 2.75) is 25.7 Å². The van der Waals surface area contributed by atoms with E-state index in [1.54, 1.807) is 0 Å². The molecule has 0 fully saturated rings. The SMILES string of the molecule is NCCN.O=C([O-])CCC(=O)[O-].O=C([O-])CCC(=O)[O-].[Cu+2].[Na+].[Na+]. The molecule has 4 N–H and O–H groups in total. The maximum Gasteiger partial charge on any atom is 2.00 e. The van der Waals surface area contributed by atoms with E-state index in [1.165, 1.54) is 0 Å². The molecule has 0 aliphatic carbocycles. The first-order valence-electron chi connectivity index (χ1n) is 5.36. The van der Waals surface area contributed by atoms with Crippen molar-refractivity contribution in [1.82, 2.24) is 0 Å². The molecule has 10 nitrogen and oxygen atoms in total. The van der Waals surface area contributed by atoms with Crippen LogP contribution in [0.3, 0.4) is 0 Å². The van der Waals surface area contributed by atoms with Gasteiger partial charge in [0, 0.05) is 37.0 Å². The van der Waals surface area contributed by atoms with Crippen LogP contribution in [0.25, 0.3) is 0 Å². The summed E-state index contributed by atoms with van der Waals surface area (Å²) in [5.41, 5.74) is 9.81. The topological polar surface area (TPSA) is 213 Å². The second kappa shape index (κ2) is 30.2. The van der Waals surface area contributed by atoms with Crippen LogP contribution in [0.4, 0.5) is 0 Å². The summed E-state index contributed by atoms with van der Waals surface area (Å²) in [7, 11) is 0. The summed E-state index contributed by atoms with van der Waals surface area (Å²) in [6.45, 7) is 1.19. The molecule has 0 amide bonds. The molecule has 13 heteroatoms. The number of nitrogens with two attached hydrogens (primary N) is 2. The number of carbonyl (C=O) groups excluding carboxylic acids is 4. The molecule has 0 aromatic rings. The molecule has 0 spiro atoms. The van der Waals surface area contributed by atoms with E-state index in [4.69, 9.17) is 11.5 Å². The smallest absolute Gasteiger partial charge is 0.550 e. The molecule has 23 heavy (non-hydrogen) atoms. The van der Waals surface area contributed by atoms with E-state index in [1.807, 2.05) is 0 Å². The van der Waals surface area contributed by atoms with Gasteiger partial charge in [0.25, 0.3) is 0 Å². The van der Waals surface area contributed by atoms with E-state index < -0.39 is 49.6 Å². The molecular formula is C10H16CuN2Na2O8. The fourth-order valence-corrected chi connectivity index (χ4v) is 0.408. The third-order valence-electron chi connectivity index (χ3n) is 1.23. The predicted octanol–water partition coefficient (Wildman–Crippen LogP) is -12.6. The van der Waals surface area contributed by atoms with Crippen molar-refractivity contribution < 1.29 is 116 Å². The molecule has 0 aliphatic heterocycles. The van der Waals surface area contributed by atoms with Crippen LogP contribution in [0.2, 0.25) is 0 Å². The molecule has 0 bridgehead atoms. The van der Waals surface area contributed by atoms with Crippen LogP contribution in [-0.4, -0.2) is 37.0 Å². The van der Waals surface area contributed by atoms with Gasteiger partial charge in [-0.2, -0.15) is 0 Å². The maximum atomic E-state index is 9.50. The molecule has 0 aliphatic rings. The van der Waals surface area contributed by atoms with Gasteiger partial charge in [0.15, 0.2) is 0 Å². The van der Waals surface area contributed by atoms with Crippen molar-refractivity contribution in [3.8, 4) is 0 Å². The van der Waals surface area contributed by atoms with Gasteiger partial charge >= 0.3 is 76.2 Å². The number of carboxylic acids is 4. The molecule has 0 saturated carbocycles. The second-order valence-electron chi connectivity index (χ2n) is 3.07. The Hall–Kier alpha value is 0.319. The monoisotopic (exact) mass is 401 g/mol. The van der Waals surface area contributed by atoms with E-state index in [-0.39, 0.29) is 76.2 Å². The van der Waals surface area contributed by atoms with Crippen molar-refractivity contribution in [3.63, 3.8) is 0 Å². The van der Waals surface area contributed by atoms with E-state index in [2.05, 4.69) is 0 Å². The van der Waals surface area contributed by atoms with Crippen LogP contribution in [0.15, 0.2) is 0 Å². The number of hydrogen-bond donors (Lipinski definition) is 2. The minimum atomic E-state index is -1.37. The average Bonchev–Trinajstić information content (AvgIpc) is 2.35. The molecule has 0 aromatic carbocycles. The Labute approximate surface area is 188 Å². The van der Waals surface area contributed by atoms with Crippen molar-refractivity contribution in [3.05, 3.63) is 0 Å². The number of rotatable bonds is 7. The van der Waals surface area contributed by atoms with E-state index >= 15 is 0 Å². The molecule has 0 atom stereocenters. The molecule has 1 radical (unpaired) electrons. The van der Waals surface area contributed by atoms with Crippen molar-refractivity contribution in [1.29, 1.82) is 0 Å². The second-order valence-corrected chi connectivity index (χ2v) is 3.07. The van der Waals surface area contributed by atoms with Gasteiger partial charge in [0.1, 0.15) is 0 Å². The van der Waals surface area contributed by atoms with Gasteiger partial charge in [-0.1, -0.05) is 0 Å². The van der Waals surface area contributed by atoms with Crippen LogP contribution in [0.5, 0.6) is 0 Å². The molecule has 0 saturated heterocycles. The van der Waals surface area contributed by atoms with Crippen molar-refractivity contribution in [2.75, 3.05) is 13.1 Å². The Morgan fingerprint density at radius 3 is 0.739 bits per heavy atom. The van der Waals surface area contributed by atoms with Crippen LogP contribution >= 0.6 is 0 Å². The van der Waals surface area contributed by atoms with E-state index in [9.17, 15) is 39.6 Å². The first-order valence-corrected chi connectivity index (χ1v) is 5.36. The zero-order valence-corrected chi connectivity index (χ0v) is 17.9. The zero-order valence-electron chi connectivity index (χ0n) is 13.0. The van der Waals surface area contributed by atoms with Crippen LogP contribution < -0.4 is 91.0 Å². The number of aliphatic carboxylic acids is 4. The van der Waals surface area contributed by atoms with Crippen LogP contribution in [0.1, 0.15) is 25.7 Å². The predicted molar refractivity (Wildman–Crippen MR) is 56.6 cm³/mol. The molecular weight excluding hydrogens is 386 g/mol. The van der Waals surface area contributed by atoms with Crippen LogP contribution in [-0.2, 0) is 36.2 Å². The van der Waals surface area contributed by atoms with Gasteiger partial charge in [-0.15, -0.1) is 0 Å². The molecule has 0 rings (SSSR count). The fraction of sp³-hybridized carbons (Fsp3) is 0.600. The van der Waals surface area contributed by atoms with Gasteiger partial charge in [-0.3, -0.25) is 0 Å². The Bertz CT molecular complexity index is 263. The Morgan fingerprint density at radius 2 is 0.696 bits per heavy atom. The van der Waals surface area contributed by atoms with Gasteiger partial charge in [0.05, 0.1) is 0 Å². The molecule has 0 unspecified atom stereocenters. The van der Waals surface area contributed by atoms with Gasteiger partial charge in [-0.05, 0) is 25.7 Å². The standard InChI is InChI=1S/2C4H6O4.C2H8N2.Cu.2Na/c2*5-3(6)1-2-4(7)8;3-1-2-4;;;/h2*1-2H2,(H,5,6)(H,7,8);1-4H2;;;/q;;;+2;2*+1/p-4. The Kier molecular flexibility index (Phi) is 50.9. The summed E-state index contributed by atoms with van der Waals surface area (Å²) in [5.74, 6) is -5.47. The summed E-state index contributed by atoms with van der Waals surface area (Å²) in [5, 5.41) is 38.0. The first-order chi connectivity index (χ1) is 9.17. The quantitative estimate of drug-likeness (QED) is 0.384. The Morgan fingerprint density at radius 1 is 0.565 bits per heavy atom. The summed E-state index contributed by atoms with van der Waals surface area (Å²) < 4.78 is 0. The normalized spacial score (nSPS) is 7.22. The summed E-state index contributed by atoms with van der Waals surface area (Å²) in [6.07, 6.45) is -1.88. The van der Waals surface area contributed by atoms with E-state index in [0.29, 0.717) is 13.1 Å². The third-order valence-corrected chi connectivity index (χ3v) is 1.23. The fourth-order valence-electron chi connectivity index (χ4n) is 0.408.